The largest absolute Gasteiger partial charge is 0.433 e. The Kier molecular flexibility index (Phi) is 4.92. The normalized spacial score (nSPS) is 14.9. The third kappa shape index (κ3) is 4.04. The van der Waals surface area contributed by atoms with Crippen LogP contribution in [0, 0.1) is 0 Å². The standard InChI is InChI=1S/C22H23F3N4/c1-21(2,17-9-6-10-18(26-17)22(23,24)25)20-28-27-19(16-11-12-16)29(20)14-13-15-7-4-3-5-8-15/h3-10,16H,11-14H2,1-2H3. The Labute approximate surface area is 167 Å². The van der Waals surface area contributed by atoms with Gasteiger partial charge < -0.3 is 4.57 Å². The van der Waals surface area contributed by atoms with Crippen molar-refractivity contribution in [3.05, 3.63) is 77.1 Å². The second kappa shape index (κ2) is 7.28. The van der Waals surface area contributed by atoms with Crippen LogP contribution >= 0.6 is 0 Å². The molecule has 2 aromatic heterocycles. The first kappa shape index (κ1) is 19.6. The summed E-state index contributed by atoms with van der Waals surface area (Å²) >= 11 is 0. The van der Waals surface area contributed by atoms with E-state index in [2.05, 4.69) is 31.9 Å². The SMILES string of the molecule is CC(C)(c1cccc(C(F)(F)F)n1)c1nnc(C2CC2)n1CCc1ccccc1. The van der Waals surface area contributed by atoms with Gasteiger partial charge in [0.05, 0.1) is 11.1 Å². The first-order valence-corrected chi connectivity index (χ1v) is 9.79. The van der Waals surface area contributed by atoms with Crippen molar-refractivity contribution in [3.63, 3.8) is 0 Å². The molecule has 0 N–H and O–H groups in total. The molecule has 3 aromatic rings. The smallest absolute Gasteiger partial charge is 0.314 e. The number of benzene rings is 1. The van der Waals surface area contributed by atoms with Gasteiger partial charge in [-0.2, -0.15) is 13.2 Å². The number of aromatic nitrogens is 4. The van der Waals surface area contributed by atoms with Crippen molar-refractivity contribution in [1.82, 2.24) is 19.7 Å². The van der Waals surface area contributed by atoms with Gasteiger partial charge in [-0.25, -0.2) is 4.98 Å². The summed E-state index contributed by atoms with van der Waals surface area (Å²) in [6.45, 7) is 4.39. The molecule has 4 rings (SSSR count). The van der Waals surface area contributed by atoms with Crippen LogP contribution in [0.25, 0.3) is 0 Å². The molecular formula is C22H23F3N4. The summed E-state index contributed by atoms with van der Waals surface area (Å²) in [6.07, 6.45) is -1.53. The summed E-state index contributed by atoms with van der Waals surface area (Å²) in [5.74, 6) is 1.97. The number of hydrogen-bond donors (Lipinski definition) is 0. The van der Waals surface area contributed by atoms with Crippen molar-refractivity contribution >= 4 is 0 Å². The van der Waals surface area contributed by atoms with Crippen molar-refractivity contribution in [2.24, 2.45) is 0 Å². The average Bonchev–Trinajstić information content (AvgIpc) is 3.45. The highest BCUT2D eigenvalue weighted by molar-refractivity contribution is 5.29. The van der Waals surface area contributed by atoms with E-state index in [1.807, 2.05) is 32.0 Å². The van der Waals surface area contributed by atoms with E-state index in [0.29, 0.717) is 24.0 Å². The summed E-state index contributed by atoms with van der Waals surface area (Å²) in [6, 6.07) is 14.1. The molecule has 0 amide bonds. The molecule has 1 fully saturated rings. The summed E-state index contributed by atoms with van der Waals surface area (Å²) < 4.78 is 41.6. The van der Waals surface area contributed by atoms with Crippen LogP contribution in [0.1, 0.15) is 61.2 Å². The predicted molar refractivity (Wildman–Crippen MR) is 104 cm³/mol. The number of pyridine rings is 1. The highest BCUT2D eigenvalue weighted by Gasteiger charge is 2.38. The lowest BCUT2D eigenvalue weighted by molar-refractivity contribution is -0.141. The van der Waals surface area contributed by atoms with E-state index in [1.54, 1.807) is 6.07 Å². The van der Waals surface area contributed by atoms with Crippen LogP contribution in [-0.4, -0.2) is 19.7 Å². The molecule has 152 valence electrons. The Morgan fingerprint density at radius 1 is 0.931 bits per heavy atom. The van der Waals surface area contributed by atoms with E-state index in [1.165, 1.54) is 11.6 Å². The molecule has 2 heterocycles. The molecule has 4 nitrogen and oxygen atoms in total. The second-order valence-corrected chi connectivity index (χ2v) is 8.07. The summed E-state index contributed by atoms with van der Waals surface area (Å²) in [5, 5.41) is 8.84. The number of halogens is 3. The van der Waals surface area contributed by atoms with Crippen molar-refractivity contribution in [2.75, 3.05) is 0 Å². The van der Waals surface area contributed by atoms with Gasteiger partial charge in [-0.15, -0.1) is 10.2 Å². The van der Waals surface area contributed by atoms with Crippen LogP contribution in [0.2, 0.25) is 0 Å². The number of nitrogens with zero attached hydrogens (tertiary/aromatic N) is 4. The van der Waals surface area contributed by atoms with E-state index in [-0.39, 0.29) is 0 Å². The second-order valence-electron chi connectivity index (χ2n) is 8.07. The highest BCUT2D eigenvalue weighted by atomic mass is 19.4. The molecule has 0 radical (unpaired) electrons. The van der Waals surface area contributed by atoms with Gasteiger partial charge in [-0.05, 0) is 50.8 Å². The van der Waals surface area contributed by atoms with Crippen LogP contribution < -0.4 is 0 Å². The maximum atomic E-state index is 13.2. The van der Waals surface area contributed by atoms with Crippen LogP contribution in [0.4, 0.5) is 13.2 Å². The van der Waals surface area contributed by atoms with E-state index in [0.717, 1.165) is 31.2 Å². The van der Waals surface area contributed by atoms with Crippen LogP contribution in [0.3, 0.4) is 0 Å². The maximum absolute atomic E-state index is 13.2. The fraction of sp³-hybridized carbons (Fsp3) is 0.409. The summed E-state index contributed by atoms with van der Waals surface area (Å²) in [7, 11) is 0. The van der Waals surface area contributed by atoms with Gasteiger partial charge in [0.15, 0.2) is 0 Å². The molecule has 0 unspecified atom stereocenters. The third-order valence-corrected chi connectivity index (χ3v) is 5.43. The number of aryl methyl sites for hydroxylation is 1. The summed E-state index contributed by atoms with van der Waals surface area (Å²) in [5.41, 5.74) is -0.161. The molecule has 0 atom stereocenters. The van der Waals surface area contributed by atoms with Gasteiger partial charge in [0.25, 0.3) is 0 Å². The third-order valence-electron chi connectivity index (χ3n) is 5.43. The van der Waals surface area contributed by atoms with Crippen molar-refractivity contribution in [3.8, 4) is 0 Å². The van der Waals surface area contributed by atoms with Gasteiger partial charge in [0, 0.05) is 12.5 Å². The highest BCUT2D eigenvalue weighted by Crippen LogP contribution is 2.41. The minimum absolute atomic E-state index is 0.336. The van der Waals surface area contributed by atoms with Crippen LogP contribution in [0.5, 0.6) is 0 Å². The number of alkyl halides is 3. The zero-order chi connectivity index (χ0) is 20.6. The first-order chi connectivity index (χ1) is 13.8. The van der Waals surface area contributed by atoms with E-state index in [4.69, 9.17) is 0 Å². The Balaban J connectivity index is 1.70. The zero-order valence-corrected chi connectivity index (χ0v) is 16.4. The van der Waals surface area contributed by atoms with Gasteiger partial charge in [0.1, 0.15) is 17.3 Å². The molecule has 1 aliphatic carbocycles. The number of hydrogen-bond acceptors (Lipinski definition) is 3. The lowest BCUT2D eigenvalue weighted by atomic mass is 9.87. The van der Waals surface area contributed by atoms with Crippen LogP contribution in [0.15, 0.2) is 48.5 Å². The van der Waals surface area contributed by atoms with Gasteiger partial charge in [-0.3, -0.25) is 0 Å². The fourth-order valence-corrected chi connectivity index (χ4v) is 3.58. The topological polar surface area (TPSA) is 43.6 Å². The molecule has 29 heavy (non-hydrogen) atoms. The molecular weight excluding hydrogens is 377 g/mol. The Bertz CT molecular complexity index is 989. The zero-order valence-electron chi connectivity index (χ0n) is 16.4. The fourth-order valence-electron chi connectivity index (χ4n) is 3.58. The van der Waals surface area contributed by atoms with Crippen molar-refractivity contribution in [2.45, 2.75) is 57.2 Å². The average molecular weight is 400 g/mol. The Hall–Kier alpha value is -2.70. The molecule has 7 heteroatoms. The van der Waals surface area contributed by atoms with Crippen molar-refractivity contribution in [1.29, 1.82) is 0 Å². The molecule has 1 aliphatic rings. The quantitative estimate of drug-likeness (QED) is 0.576. The lowest BCUT2D eigenvalue weighted by Crippen LogP contribution is -2.27. The predicted octanol–water partition coefficient (Wildman–Crippen LogP) is 5.14. The van der Waals surface area contributed by atoms with E-state index >= 15 is 0 Å². The van der Waals surface area contributed by atoms with E-state index < -0.39 is 17.3 Å². The van der Waals surface area contributed by atoms with Crippen molar-refractivity contribution < 1.29 is 13.2 Å². The first-order valence-electron chi connectivity index (χ1n) is 9.79. The minimum atomic E-state index is -4.48. The van der Waals surface area contributed by atoms with Gasteiger partial charge >= 0.3 is 6.18 Å². The minimum Gasteiger partial charge on any atom is -0.314 e. The molecule has 0 bridgehead atoms. The van der Waals surface area contributed by atoms with Gasteiger partial charge in [-0.1, -0.05) is 36.4 Å². The Morgan fingerprint density at radius 3 is 2.28 bits per heavy atom. The molecule has 1 aromatic carbocycles. The molecule has 0 saturated heterocycles. The van der Waals surface area contributed by atoms with Gasteiger partial charge in [0.2, 0.25) is 0 Å². The monoisotopic (exact) mass is 400 g/mol. The number of rotatable bonds is 6. The molecule has 0 aliphatic heterocycles. The Morgan fingerprint density at radius 2 is 1.62 bits per heavy atom. The van der Waals surface area contributed by atoms with E-state index in [9.17, 15) is 13.2 Å². The lowest BCUT2D eigenvalue weighted by Gasteiger charge is -2.25. The maximum Gasteiger partial charge on any atom is 0.433 e. The summed E-state index contributed by atoms with van der Waals surface area (Å²) in [4.78, 5) is 3.92. The molecule has 1 saturated carbocycles. The van der Waals surface area contributed by atoms with Crippen LogP contribution in [-0.2, 0) is 24.6 Å². The molecule has 0 spiro atoms.